The number of carbonyl (C=O) groups is 3. The molecule has 0 aliphatic carbocycles. The molecule has 4 rings (SSSR count). The molecule has 0 spiro atoms. The van der Waals surface area contributed by atoms with E-state index in [1.807, 2.05) is 33.7 Å². The van der Waals surface area contributed by atoms with Crippen LogP contribution in [0.5, 0.6) is 0 Å². The number of benzene rings is 2. The van der Waals surface area contributed by atoms with Crippen LogP contribution < -0.4 is 9.70 Å². The zero-order valence-electron chi connectivity index (χ0n) is 20.4. The minimum Gasteiger partial charge on any atom is -0.462 e. The van der Waals surface area contributed by atoms with Gasteiger partial charge in [0.15, 0.2) is 4.80 Å². The summed E-state index contributed by atoms with van der Waals surface area (Å²) < 4.78 is 13.1. The topological polar surface area (TPSA) is 90.2 Å². The van der Waals surface area contributed by atoms with Crippen LogP contribution in [-0.2, 0) is 32.0 Å². The Morgan fingerprint density at radius 3 is 2.78 bits per heavy atom. The number of hydrogen-bond acceptors (Lipinski definition) is 7. The van der Waals surface area contributed by atoms with Gasteiger partial charge < -0.3 is 18.9 Å². The van der Waals surface area contributed by atoms with E-state index < -0.39 is 0 Å². The molecule has 0 bridgehead atoms. The summed E-state index contributed by atoms with van der Waals surface area (Å²) in [7, 11) is 1.62. The van der Waals surface area contributed by atoms with E-state index in [1.165, 1.54) is 28.7 Å². The number of carbonyl (C=O) groups excluding carboxylic acids is 3. The van der Waals surface area contributed by atoms with Crippen LogP contribution in [0.25, 0.3) is 10.2 Å². The van der Waals surface area contributed by atoms with Crippen molar-refractivity contribution in [3.8, 4) is 0 Å². The van der Waals surface area contributed by atoms with Gasteiger partial charge in [-0.25, -0.2) is 4.79 Å². The number of esters is 1. The maximum absolute atomic E-state index is 12.8. The number of para-hydroxylation sites is 1. The third-order valence-electron chi connectivity index (χ3n) is 5.80. The highest BCUT2D eigenvalue weighted by atomic mass is 32.2. The molecule has 0 atom stereocenters. The van der Waals surface area contributed by atoms with Crippen molar-refractivity contribution < 1.29 is 23.9 Å². The fourth-order valence-electron chi connectivity index (χ4n) is 4.13. The summed E-state index contributed by atoms with van der Waals surface area (Å²) >= 11 is 2.61. The Morgan fingerprint density at radius 1 is 1.14 bits per heavy atom. The van der Waals surface area contributed by atoms with Crippen LogP contribution in [-0.4, -0.2) is 60.7 Å². The zero-order valence-corrected chi connectivity index (χ0v) is 22.0. The van der Waals surface area contributed by atoms with E-state index in [4.69, 9.17) is 9.47 Å². The average molecular weight is 528 g/mol. The number of rotatable bonds is 9. The van der Waals surface area contributed by atoms with Crippen molar-refractivity contribution >= 4 is 56.8 Å². The molecule has 1 aliphatic heterocycles. The number of amides is 2. The fraction of sp³-hybridized carbons (Fsp3) is 0.385. The van der Waals surface area contributed by atoms with Gasteiger partial charge in [0.25, 0.3) is 5.91 Å². The first kappa shape index (κ1) is 26.1. The Balaban J connectivity index is 1.46. The first-order valence-electron chi connectivity index (χ1n) is 11.8. The molecule has 10 heteroatoms. The molecule has 0 radical (unpaired) electrons. The monoisotopic (exact) mass is 527 g/mol. The number of aromatic nitrogens is 1. The largest absolute Gasteiger partial charge is 0.462 e. The molecule has 190 valence electrons. The van der Waals surface area contributed by atoms with Crippen LogP contribution in [0, 0.1) is 0 Å². The number of thioether (sulfide) groups is 1. The van der Waals surface area contributed by atoms with E-state index in [1.54, 1.807) is 26.2 Å². The first-order valence-corrected chi connectivity index (χ1v) is 13.8. The van der Waals surface area contributed by atoms with Gasteiger partial charge >= 0.3 is 5.97 Å². The van der Waals surface area contributed by atoms with Crippen LogP contribution in [0.1, 0.15) is 29.3 Å². The van der Waals surface area contributed by atoms with Crippen molar-refractivity contribution in [2.24, 2.45) is 4.99 Å². The number of thiazole rings is 1. The third-order valence-corrected chi connectivity index (χ3v) is 7.74. The highest BCUT2D eigenvalue weighted by Gasteiger charge is 2.22. The summed E-state index contributed by atoms with van der Waals surface area (Å²) in [5.41, 5.74) is 3.47. The molecule has 0 saturated heterocycles. The average Bonchev–Trinajstić information content (AvgIpc) is 3.22. The van der Waals surface area contributed by atoms with Gasteiger partial charge in [0, 0.05) is 25.9 Å². The van der Waals surface area contributed by atoms with E-state index in [0.717, 1.165) is 28.7 Å². The summed E-state index contributed by atoms with van der Waals surface area (Å²) in [6, 6.07) is 13.3. The van der Waals surface area contributed by atoms with Crippen LogP contribution in [0.2, 0.25) is 0 Å². The number of hydrogen-bond donors (Lipinski definition) is 0. The number of nitrogens with zero attached hydrogens (tertiary/aromatic N) is 3. The molecule has 1 aliphatic rings. The molecule has 2 heterocycles. The van der Waals surface area contributed by atoms with E-state index in [2.05, 4.69) is 11.1 Å². The predicted molar refractivity (Wildman–Crippen MR) is 143 cm³/mol. The van der Waals surface area contributed by atoms with E-state index in [9.17, 15) is 14.4 Å². The number of anilines is 1. The second-order valence-electron chi connectivity index (χ2n) is 8.21. The minimum atomic E-state index is -0.386. The highest BCUT2D eigenvalue weighted by Crippen LogP contribution is 2.27. The molecule has 0 fully saturated rings. The van der Waals surface area contributed by atoms with Gasteiger partial charge in [-0.3, -0.25) is 9.59 Å². The van der Waals surface area contributed by atoms with Crippen molar-refractivity contribution in [3.63, 3.8) is 0 Å². The smallest absolute Gasteiger partial charge is 0.338 e. The highest BCUT2D eigenvalue weighted by molar-refractivity contribution is 8.00. The molecule has 8 nitrogen and oxygen atoms in total. The van der Waals surface area contributed by atoms with Crippen molar-refractivity contribution in [2.75, 3.05) is 43.3 Å². The number of aryl methyl sites for hydroxylation is 1. The SMILES string of the molecule is CCOC(=O)c1ccc2c(c1)sc(=NC(=O)CSCC(=O)N1CCCc3ccccc31)n2CCOC. The van der Waals surface area contributed by atoms with Crippen LogP contribution in [0.3, 0.4) is 0 Å². The Hall–Kier alpha value is -2.95. The van der Waals surface area contributed by atoms with Crippen LogP contribution in [0.15, 0.2) is 47.5 Å². The summed E-state index contributed by atoms with van der Waals surface area (Å²) in [6.07, 6.45) is 1.91. The molecule has 0 N–H and O–H groups in total. The van der Waals surface area contributed by atoms with Gasteiger partial charge in [0.2, 0.25) is 5.91 Å². The van der Waals surface area contributed by atoms with Crippen LogP contribution >= 0.6 is 23.1 Å². The number of methoxy groups -OCH3 is 1. The number of fused-ring (bicyclic) bond motifs is 2. The maximum atomic E-state index is 12.8. The summed E-state index contributed by atoms with van der Waals surface area (Å²) in [5, 5.41) is 0. The fourth-order valence-corrected chi connectivity index (χ4v) is 5.92. The zero-order chi connectivity index (χ0) is 25.5. The molecule has 36 heavy (non-hydrogen) atoms. The van der Waals surface area contributed by atoms with Crippen molar-refractivity contribution in [1.82, 2.24) is 4.57 Å². The molecular weight excluding hydrogens is 498 g/mol. The lowest BCUT2D eigenvalue weighted by Gasteiger charge is -2.29. The van der Waals surface area contributed by atoms with Crippen LogP contribution in [0.4, 0.5) is 5.69 Å². The van der Waals surface area contributed by atoms with E-state index in [-0.39, 0.29) is 29.3 Å². The van der Waals surface area contributed by atoms with Gasteiger partial charge in [-0.05, 0) is 49.6 Å². The Labute approximate surface area is 217 Å². The molecule has 0 saturated carbocycles. The molecule has 2 amide bonds. The predicted octanol–water partition coefficient (Wildman–Crippen LogP) is 3.67. The van der Waals surface area contributed by atoms with Gasteiger partial charge in [-0.15, -0.1) is 11.8 Å². The molecule has 0 unspecified atom stereocenters. The molecule has 2 aromatic carbocycles. The normalized spacial score (nSPS) is 13.6. The van der Waals surface area contributed by atoms with Gasteiger partial charge in [-0.2, -0.15) is 4.99 Å². The second kappa shape index (κ2) is 12.3. The standard InChI is InChI=1S/C26H29N3O5S2/c1-3-34-25(32)19-10-11-21-22(15-19)36-26(29(21)13-14-33-2)27-23(30)16-35-17-24(31)28-12-6-8-18-7-4-5-9-20(18)28/h4-5,7,9-11,15H,3,6,8,12-14,16-17H2,1-2H3. The lowest BCUT2D eigenvalue weighted by atomic mass is 10.0. The Kier molecular flexibility index (Phi) is 8.95. The molecule has 1 aromatic heterocycles. The van der Waals surface area contributed by atoms with Gasteiger partial charge in [0.1, 0.15) is 0 Å². The third kappa shape index (κ3) is 6.05. The van der Waals surface area contributed by atoms with Crippen molar-refractivity contribution in [2.45, 2.75) is 26.3 Å². The summed E-state index contributed by atoms with van der Waals surface area (Å²) in [5.74, 6) is -0.371. The molecular formula is C26H29N3O5S2. The second-order valence-corrected chi connectivity index (χ2v) is 10.2. The first-order chi connectivity index (χ1) is 17.5. The quantitative estimate of drug-likeness (QED) is 0.395. The minimum absolute atomic E-state index is 0.00321. The lowest BCUT2D eigenvalue weighted by molar-refractivity contribution is -0.116. The maximum Gasteiger partial charge on any atom is 0.338 e. The van der Waals surface area contributed by atoms with Gasteiger partial charge in [-0.1, -0.05) is 29.5 Å². The number of ether oxygens (including phenoxy) is 2. The Morgan fingerprint density at radius 2 is 1.97 bits per heavy atom. The van der Waals surface area contributed by atoms with Gasteiger partial charge in [0.05, 0.1) is 40.5 Å². The summed E-state index contributed by atoms with van der Waals surface area (Å²) in [6.45, 7) is 3.73. The molecule has 3 aromatic rings. The van der Waals surface area contributed by atoms with E-state index in [0.29, 0.717) is 36.7 Å². The summed E-state index contributed by atoms with van der Waals surface area (Å²) in [4.78, 5) is 44.4. The Bertz CT molecular complexity index is 1330. The van der Waals surface area contributed by atoms with Crippen molar-refractivity contribution in [3.05, 3.63) is 58.4 Å². The lowest BCUT2D eigenvalue weighted by Crippen LogP contribution is -2.36. The van der Waals surface area contributed by atoms with Crippen molar-refractivity contribution in [1.29, 1.82) is 0 Å². The van der Waals surface area contributed by atoms with E-state index >= 15 is 0 Å².